The molecule has 0 saturated carbocycles. The molecule has 0 radical (unpaired) electrons. The molecule has 31 heavy (non-hydrogen) atoms. The Bertz CT molecular complexity index is 1170. The highest BCUT2D eigenvalue weighted by Crippen LogP contribution is 2.23. The van der Waals surface area contributed by atoms with Gasteiger partial charge >= 0.3 is 0 Å². The molecule has 162 valence electrons. The monoisotopic (exact) mass is 438 g/mol. The molecule has 0 fully saturated rings. The number of ether oxygens (including phenoxy) is 1. The fourth-order valence-electron chi connectivity index (χ4n) is 2.89. The number of hydrogen-bond acceptors (Lipinski definition) is 4. The van der Waals surface area contributed by atoms with Gasteiger partial charge in [-0.2, -0.15) is 0 Å². The molecule has 3 aromatic rings. The van der Waals surface area contributed by atoms with E-state index in [4.69, 9.17) is 4.74 Å². The van der Waals surface area contributed by atoms with Crippen LogP contribution in [0, 0.1) is 20.8 Å². The molecule has 0 heterocycles. The van der Waals surface area contributed by atoms with E-state index in [1.165, 1.54) is 12.1 Å². The van der Waals surface area contributed by atoms with Crippen molar-refractivity contribution in [3.63, 3.8) is 0 Å². The van der Waals surface area contributed by atoms with Crippen molar-refractivity contribution in [2.24, 2.45) is 0 Å². The Morgan fingerprint density at radius 2 is 1.48 bits per heavy atom. The fourth-order valence-corrected chi connectivity index (χ4v) is 3.95. The summed E-state index contributed by atoms with van der Waals surface area (Å²) in [6, 6.07) is 18.8. The van der Waals surface area contributed by atoms with Gasteiger partial charge in [-0.05, 0) is 81.3 Å². The zero-order chi connectivity index (χ0) is 22.6. The minimum absolute atomic E-state index is 0.103. The second kappa shape index (κ2) is 9.22. The lowest BCUT2D eigenvalue weighted by atomic mass is 10.1. The maximum atomic E-state index is 12.6. The number of aryl methyl sites for hydroxylation is 2. The van der Waals surface area contributed by atoms with E-state index in [1.54, 1.807) is 31.2 Å². The van der Waals surface area contributed by atoms with Gasteiger partial charge in [0.1, 0.15) is 5.75 Å². The number of benzene rings is 3. The van der Waals surface area contributed by atoms with Gasteiger partial charge in [-0.3, -0.25) is 9.52 Å². The largest absolute Gasteiger partial charge is 0.481 e. The van der Waals surface area contributed by atoms with Crippen LogP contribution in [0.25, 0.3) is 0 Å². The Morgan fingerprint density at radius 3 is 2.13 bits per heavy atom. The number of anilines is 2. The number of hydrogen-bond donors (Lipinski definition) is 2. The van der Waals surface area contributed by atoms with Crippen LogP contribution in [0.15, 0.2) is 71.6 Å². The van der Waals surface area contributed by atoms with Gasteiger partial charge < -0.3 is 10.1 Å². The van der Waals surface area contributed by atoms with E-state index in [1.807, 2.05) is 51.1 Å². The van der Waals surface area contributed by atoms with Crippen LogP contribution in [0.3, 0.4) is 0 Å². The SMILES string of the molecule is Cc1ccc(NS(=O)(=O)c2ccc(NC(=O)[C@H](C)Oc3cccc(C)c3C)cc2)cc1. The first-order valence-electron chi connectivity index (χ1n) is 9.89. The normalized spacial score (nSPS) is 12.1. The summed E-state index contributed by atoms with van der Waals surface area (Å²) in [5, 5.41) is 2.75. The third kappa shape index (κ3) is 5.64. The Labute approximate surface area is 183 Å². The summed E-state index contributed by atoms with van der Waals surface area (Å²) in [6.07, 6.45) is -0.716. The number of carbonyl (C=O) groups is 1. The van der Waals surface area contributed by atoms with E-state index in [9.17, 15) is 13.2 Å². The molecule has 3 rings (SSSR count). The molecule has 1 amide bonds. The van der Waals surface area contributed by atoms with Crippen LogP contribution in [-0.4, -0.2) is 20.4 Å². The fraction of sp³-hybridized carbons (Fsp3) is 0.208. The lowest BCUT2D eigenvalue weighted by Gasteiger charge is -2.17. The third-order valence-electron chi connectivity index (χ3n) is 4.96. The predicted octanol–water partition coefficient (Wildman–Crippen LogP) is 4.82. The topological polar surface area (TPSA) is 84.5 Å². The van der Waals surface area contributed by atoms with E-state index in [0.717, 1.165) is 16.7 Å². The van der Waals surface area contributed by atoms with Crippen LogP contribution < -0.4 is 14.8 Å². The van der Waals surface area contributed by atoms with Gasteiger partial charge in [0.15, 0.2) is 6.10 Å². The Hall–Kier alpha value is -3.32. The summed E-state index contributed by atoms with van der Waals surface area (Å²) in [5.74, 6) is 0.334. The van der Waals surface area contributed by atoms with Gasteiger partial charge in [-0.1, -0.05) is 29.8 Å². The van der Waals surface area contributed by atoms with Gasteiger partial charge in [0.05, 0.1) is 4.90 Å². The molecule has 0 saturated heterocycles. The van der Waals surface area contributed by atoms with Gasteiger partial charge in [0, 0.05) is 11.4 Å². The number of rotatable bonds is 7. The summed E-state index contributed by atoms with van der Waals surface area (Å²) in [6.45, 7) is 7.52. The van der Waals surface area contributed by atoms with Gasteiger partial charge in [0.25, 0.3) is 15.9 Å². The lowest BCUT2D eigenvalue weighted by Crippen LogP contribution is -2.30. The smallest absolute Gasteiger partial charge is 0.265 e. The summed E-state index contributed by atoms with van der Waals surface area (Å²) >= 11 is 0. The van der Waals surface area contributed by atoms with Crippen molar-refractivity contribution in [1.29, 1.82) is 0 Å². The first-order chi connectivity index (χ1) is 14.7. The molecule has 7 heteroatoms. The van der Waals surface area contributed by atoms with Crippen molar-refractivity contribution in [2.75, 3.05) is 10.0 Å². The van der Waals surface area contributed by atoms with Crippen LogP contribution in [0.1, 0.15) is 23.6 Å². The lowest BCUT2D eigenvalue weighted by molar-refractivity contribution is -0.122. The van der Waals surface area contributed by atoms with Gasteiger partial charge in [0.2, 0.25) is 0 Å². The van der Waals surface area contributed by atoms with E-state index >= 15 is 0 Å². The van der Waals surface area contributed by atoms with Gasteiger partial charge in [-0.15, -0.1) is 0 Å². The second-order valence-electron chi connectivity index (χ2n) is 7.44. The number of carbonyl (C=O) groups excluding carboxylic acids is 1. The molecular weight excluding hydrogens is 412 g/mol. The Kier molecular flexibility index (Phi) is 6.65. The zero-order valence-electron chi connectivity index (χ0n) is 18.0. The minimum Gasteiger partial charge on any atom is -0.481 e. The highest BCUT2D eigenvalue weighted by atomic mass is 32.2. The molecule has 0 aliphatic heterocycles. The molecule has 2 N–H and O–H groups in total. The molecule has 0 bridgehead atoms. The average molecular weight is 439 g/mol. The van der Waals surface area contributed by atoms with Crippen molar-refractivity contribution in [3.05, 3.63) is 83.4 Å². The standard InChI is InChI=1S/C24H26N2O4S/c1-16-8-10-21(11-9-16)26-31(28,29)22-14-12-20(13-15-22)25-24(27)19(4)30-23-7-5-6-17(2)18(23)3/h5-15,19,26H,1-4H3,(H,25,27)/t19-/m0/s1. The molecule has 0 aliphatic rings. The van der Waals surface area contributed by atoms with E-state index in [2.05, 4.69) is 10.0 Å². The van der Waals surface area contributed by atoms with Crippen LogP contribution >= 0.6 is 0 Å². The zero-order valence-corrected chi connectivity index (χ0v) is 18.8. The van der Waals surface area contributed by atoms with E-state index < -0.39 is 16.1 Å². The van der Waals surface area contributed by atoms with Crippen LogP contribution in [0.2, 0.25) is 0 Å². The van der Waals surface area contributed by atoms with E-state index in [0.29, 0.717) is 17.1 Å². The third-order valence-corrected chi connectivity index (χ3v) is 6.36. The van der Waals surface area contributed by atoms with Crippen LogP contribution in [0.4, 0.5) is 11.4 Å². The number of amides is 1. The summed E-state index contributed by atoms with van der Waals surface area (Å²) < 4.78 is 33.5. The maximum Gasteiger partial charge on any atom is 0.265 e. The minimum atomic E-state index is -3.72. The molecular formula is C24H26N2O4S. The van der Waals surface area contributed by atoms with Crippen molar-refractivity contribution in [3.8, 4) is 5.75 Å². The molecule has 1 atom stereocenters. The van der Waals surface area contributed by atoms with Crippen LogP contribution in [0.5, 0.6) is 5.75 Å². The predicted molar refractivity (Wildman–Crippen MR) is 123 cm³/mol. The van der Waals surface area contributed by atoms with E-state index in [-0.39, 0.29) is 10.8 Å². The highest BCUT2D eigenvalue weighted by molar-refractivity contribution is 7.92. The quantitative estimate of drug-likeness (QED) is 0.554. The van der Waals surface area contributed by atoms with Crippen molar-refractivity contribution in [2.45, 2.75) is 38.7 Å². The number of nitrogens with one attached hydrogen (secondary N) is 2. The molecule has 0 spiro atoms. The molecule has 0 unspecified atom stereocenters. The van der Waals surface area contributed by atoms with Gasteiger partial charge in [-0.25, -0.2) is 8.42 Å². The average Bonchev–Trinajstić information content (AvgIpc) is 2.73. The second-order valence-corrected chi connectivity index (χ2v) is 9.13. The van der Waals surface area contributed by atoms with Crippen molar-refractivity contribution in [1.82, 2.24) is 0 Å². The first-order valence-corrected chi connectivity index (χ1v) is 11.4. The highest BCUT2D eigenvalue weighted by Gasteiger charge is 2.18. The van der Waals surface area contributed by atoms with Crippen LogP contribution in [-0.2, 0) is 14.8 Å². The Morgan fingerprint density at radius 1 is 0.871 bits per heavy atom. The summed E-state index contributed by atoms with van der Waals surface area (Å²) in [4.78, 5) is 12.6. The number of sulfonamides is 1. The molecule has 0 aromatic heterocycles. The summed E-state index contributed by atoms with van der Waals surface area (Å²) in [7, 11) is -3.72. The van der Waals surface area contributed by atoms with Crippen molar-refractivity contribution >= 4 is 27.3 Å². The Balaban J connectivity index is 1.64. The summed E-state index contributed by atoms with van der Waals surface area (Å²) in [5.41, 5.74) is 4.08. The maximum absolute atomic E-state index is 12.6. The first kappa shape index (κ1) is 22.4. The molecule has 0 aliphatic carbocycles. The van der Waals surface area contributed by atoms with Crippen molar-refractivity contribution < 1.29 is 17.9 Å². The molecule has 3 aromatic carbocycles. The molecule has 6 nitrogen and oxygen atoms in total.